The minimum atomic E-state index is -0.510. The fourth-order valence-corrected chi connectivity index (χ4v) is 3.94. The third-order valence-corrected chi connectivity index (χ3v) is 5.65. The second-order valence-corrected chi connectivity index (χ2v) is 7.58. The number of benzene rings is 1. The second kappa shape index (κ2) is 8.97. The number of allylic oxidation sites excluding steroid dienone is 1. The fourth-order valence-electron chi connectivity index (χ4n) is 2.89. The third-order valence-electron chi connectivity index (χ3n) is 4.35. The lowest BCUT2D eigenvalue weighted by Gasteiger charge is -2.16. The van der Waals surface area contributed by atoms with Crippen LogP contribution in [0.5, 0.6) is 0 Å². The van der Waals surface area contributed by atoms with Gasteiger partial charge in [0.1, 0.15) is 0 Å². The van der Waals surface area contributed by atoms with Crippen molar-refractivity contribution in [2.24, 2.45) is 0 Å². The lowest BCUT2D eigenvalue weighted by molar-refractivity contribution is -0.141. The van der Waals surface area contributed by atoms with Crippen molar-refractivity contribution in [3.63, 3.8) is 0 Å². The van der Waals surface area contributed by atoms with Crippen molar-refractivity contribution >= 4 is 46.3 Å². The van der Waals surface area contributed by atoms with Crippen LogP contribution in [0.4, 0.5) is 0 Å². The van der Waals surface area contributed by atoms with E-state index >= 15 is 0 Å². The molecule has 1 atom stereocenters. The number of H-pyrrole nitrogens is 1. The summed E-state index contributed by atoms with van der Waals surface area (Å²) in [5, 5.41) is 5.15. The Bertz CT molecular complexity index is 1180. The molecule has 3 rings (SSSR count). The molecule has 0 fully saturated rings. The van der Waals surface area contributed by atoms with Gasteiger partial charge < -0.3 is 15.0 Å². The molecule has 1 aromatic carbocycles. The molecule has 2 heterocycles. The average Bonchev–Trinajstić information content (AvgIpc) is 3.24. The largest absolute Gasteiger partial charge is 0.469 e. The van der Waals surface area contributed by atoms with E-state index in [0.29, 0.717) is 23.0 Å². The van der Waals surface area contributed by atoms with Crippen molar-refractivity contribution < 1.29 is 14.3 Å². The number of carbonyl (C=O) groups excluding carboxylic acids is 2. The SMILES string of the molecule is C=CCn1c(=S)[nH]c2cc(C(=O)NC(CC(=O)OC)c3cccs3)ccc2c1=O. The van der Waals surface area contributed by atoms with Crippen molar-refractivity contribution in [2.45, 2.75) is 19.0 Å². The molecule has 9 heteroatoms. The summed E-state index contributed by atoms with van der Waals surface area (Å²) in [5.74, 6) is -0.794. The lowest BCUT2D eigenvalue weighted by atomic mass is 10.1. The van der Waals surface area contributed by atoms with Gasteiger partial charge in [0.15, 0.2) is 4.77 Å². The first-order chi connectivity index (χ1) is 13.9. The highest BCUT2D eigenvalue weighted by Crippen LogP contribution is 2.23. The number of rotatable bonds is 7. The van der Waals surface area contributed by atoms with Crippen LogP contribution in [0.2, 0.25) is 0 Å². The molecule has 29 heavy (non-hydrogen) atoms. The summed E-state index contributed by atoms with van der Waals surface area (Å²) in [5.41, 5.74) is 0.557. The molecular weight excluding hydrogens is 410 g/mol. The molecular formula is C20H19N3O4S2. The van der Waals surface area contributed by atoms with Crippen LogP contribution in [-0.2, 0) is 16.1 Å². The average molecular weight is 430 g/mol. The normalized spacial score (nSPS) is 11.8. The minimum Gasteiger partial charge on any atom is -0.469 e. The molecule has 1 amide bonds. The number of esters is 1. The topological polar surface area (TPSA) is 93.2 Å². The molecule has 0 aliphatic heterocycles. The number of ether oxygens (including phenoxy) is 1. The van der Waals surface area contributed by atoms with Crippen molar-refractivity contribution in [1.82, 2.24) is 14.9 Å². The van der Waals surface area contributed by atoms with E-state index in [1.165, 1.54) is 23.0 Å². The predicted molar refractivity (Wildman–Crippen MR) is 115 cm³/mol. The monoisotopic (exact) mass is 429 g/mol. The van der Waals surface area contributed by atoms with Crippen LogP contribution in [0, 0.1) is 4.77 Å². The van der Waals surface area contributed by atoms with Gasteiger partial charge in [-0.2, -0.15) is 0 Å². The van der Waals surface area contributed by atoms with Crippen LogP contribution in [-0.4, -0.2) is 28.5 Å². The van der Waals surface area contributed by atoms with E-state index in [2.05, 4.69) is 16.9 Å². The van der Waals surface area contributed by atoms with Crippen LogP contribution < -0.4 is 10.9 Å². The number of fused-ring (bicyclic) bond motifs is 1. The summed E-state index contributed by atoms with van der Waals surface area (Å²) in [4.78, 5) is 41.0. The number of carbonyl (C=O) groups is 2. The Hall–Kier alpha value is -3.04. The number of aromatic amines is 1. The highest BCUT2D eigenvalue weighted by Gasteiger charge is 2.21. The molecule has 2 aromatic heterocycles. The van der Waals surface area contributed by atoms with Gasteiger partial charge in [-0.25, -0.2) is 0 Å². The van der Waals surface area contributed by atoms with Crippen molar-refractivity contribution in [3.05, 3.63) is 73.9 Å². The van der Waals surface area contributed by atoms with Gasteiger partial charge in [0.2, 0.25) is 0 Å². The van der Waals surface area contributed by atoms with Gasteiger partial charge in [0.25, 0.3) is 11.5 Å². The Balaban J connectivity index is 1.92. The molecule has 0 saturated heterocycles. The van der Waals surface area contributed by atoms with Crippen LogP contribution in [0.25, 0.3) is 10.9 Å². The maximum absolute atomic E-state index is 12.8. The summed E-state index contributed by atoms with van der Waals surface area (Å²) >= 11 is 6.67. The number of hydrogen-bond acceptors (Lipinski definition) is 6. The summed E-state index contributed by atoms with van der Waals surface area (Å²) in [6, 6.07) is 7.91. The van der Waals surface area contributed by atoms with E-state index in [4.69, 9.17) is 17.0 Å². The number of amides is 1. The maximum Gasteiger partial charge on any atom is 0.307 e. The van der Waals surface area contributed by atoms with Crippen molar-refractivity contribution in [1.29, 1.82) is 0 Å². The zero-order valence-corrected chi connectivity index (χ0v) is 17.3. The smallest absolute Gasteiger partial charge is 0.307 e. The van der Waals surface area contributed by atoms with E-state index in [1.54, 1.807) is 24.3 Å². The van der Waals surface area contributed by atoms with E-state index in [-0.39, 0.29) is 22.7 Å². The maximum atomic E-state index is 12.8. The number of thiophene rings is 1. The highest BCUT2D eigenvalue weighted by molar-refractivity contribution is 7.71. The summed E-state index contributed by atoms with van der Waals surface area (Å²) in [6.07, 6.45) is 1.61. The van der Waals surface area contributed by atoms with Crippen LogP contribution >= 0.6 is 23.6 Å². The van der Waals surface area contributed by atoms with Crippen LogP contribution in [0.1, 0.15) is 27.7 Å². The summed E-state index contributed by atoms with van der Waals surface area (Å²) in [6.45, 7) is 3.92. The Morgan fingerprint density at radius 1 is 1.41 bits per heavy atom. The fraction of sp³-hybridized carbons (Fsp3) is 0.200. The third kappa shape index (κ3) is 4.52. The van der Waals surface area contributed by atoms with Gasteiger partial charge in [0.05, 0.1) is 30.5 Å². The minimum absolute atomic E-state index is 0.0189. The van der Waals surface area contributed by atoms with Crippen molar-refractivity contribution in [3.8, 4) is 0 Å². The summed E-state index contributed by atoms with van der Waals surface area (Å²) < 4.78 is 6.38. The van der Waals surface area contributed by atoms with Gasteiger partial charge in [0, 0.05) is 17.0 Å². The molecule has 7 nitrogen and oxygen atoms in total. The molecule has 0 aliphatic carbocycles. The first-order valence-electron chi connectivity index (χ1n) is 8.73. The molecule has 150 valence electrons. The molecule has 1 unspecified atom stereocenters. The number of hydrogen-bond donors (Lipinski definition) is 2. The molecule has 2 N–H and O–H groups in total. The highest BCUT2D eigenvalue weighted by atomic mass is 32.1. The van der Waals surface area contributed by atoms with Gasteiger partial charge in [-0.05, 0) is 41.9 Å². The molecule has 0 bridgehead atoms. The van der Waals surface area contributed by atoms with Crippen LogP contribution in [0.15, 0.2) is 53.2 Å². The van der Waals surface area contributed by atoms with Gasteiger partial charge in [-0.3, -0.25) is 19.0 Å². The quantitative estimate of drug-likeness (QED) is 0.341. The number of methoxy groups -OCH3 is 1. The number of nitrogens with zero attached hydrogens (tertiary/aromatic N) is 1. The first kappa shape index (κ1) is 20.7. The second-order valence-electron chi connectivity index (χ2n) is 6.22. The zero-order chi connectivity index (χ0) is 21.0. The summed E-state index contributed by atoms with van der Waals surface area (Å²) in [7, 11) is 1.31. The molecule has 0 aliphatic rings. The van der Waals surface area contributed by atoms with Gasteiger partial charge in [-0.15, -0.1) is 17.9 Å². The van der Waals surface area contributed by atoms with E-state index < -0.39 is 12.0 Å². The Morgan fingerprint density at radius 3 is 2.86 bits per heavy atom. The zero-order valence-electron chi connectivity index (χ0n) is 15.6. The number of nitrogens with one attached hydrogen (secondary N) is 2. The Labute approximate surface area is 175 Å². The van der Waals surface area contributed by atoms with Crippen molar-refractivity contribution in [2.75, 3.05) is 7.11 Å². The molecule has 0 radical (unpaired) electrons. The van der Waals surface area contributed by atoms with E-state index in [9.17, 15) is 14.4 Å². The number of aromatic nitrogens is 2. The molecule has 3 aromatic rings. The first-order valence-corrected chi connectivity index (χ1v) is 10.0. The standard InChI is InChI=1S/C20H19N3O4S2/c1-3-8-23-19(26)13-7-6-12(10-14(13)22-20(23)28)18(25)21-15(11-17(24)27-2)16-5-4-9-29-16/h3-7,9-10,15H,1,8,11H2,2H3,(H,21,25)(H,22,28). The lowest BCUT2D eigenvalue weighted by Crippen LogP contribution is -2.30. The Morgan fingerprint density at radius 2 is 2.21 bits per heavy atom. The Kier molecular flexibility index (Phi) is 6.40. The van der Waals surface area contributed by atoms with Gasteiger partial charge in [-0.1, -0.05) is 12.1 Å². The predicted octanol–water partition coefficient (Wildman–Crippen LogP) is 3.34. The van der Waals surface area contributed by atoms with E-state index in [1.807, 2.05) is 17.5 Å². The van der Waals surface area contributed by atoms with Crippen LogP contribution in [0.3, 0.4) is 0 Å². The van der Waals surface area contributed by atoms with Gasteiger partial charge >= 0.3 is 5.97 Å². The molecule has 0 saturated carbocycles. The molecule has 0 spiro atoms. The van der Waals surface area contributed by atoms with E-state index in [0.717, 1.165) is 4.88 Å².